The first-order chi connectivity index (χ1) is 12.0. The molecule has 8 heteroatoms. The first-order valence-electron chi connectivity index (χ1n) is 7.16. The molecule has 0 saturated carbocycles. The number of methoxy groups -OCH3 is 2. The molecule has 0 fully saturated rings. The molecule has 0 aliphatic heterocycles. The van der Waals surface area contributed by atoms with Crippen molar-refractivity contribution in [3.05, 3.63) is 52.5 Å². The van der Waals surface area contributed by atoms with Crippen LogP contribution in [-0.2, 0) is 9.59 Å². The zero-order chi connectivity index (χ0) is 18.2. The van der Waals surface area contributed by atoms with E-state index >= 15 is 0 Å². The molecule has 0 unspecified atom stereocenters. The smallest absolute Gasteiger partial charge is 0.329 e. The monoisotopic (exact) mass is 405 g/mol. The highest BCUT2D eigenvalue weighted by Crippen LogP contribution is 2.23. The van der Waals surface area contributed by atoms with Crippen LogP contribution in [0.3, 0.4) is 0 Å². The van der Waals surface area contributed by atoms with Crippen LogP contribution in [0.2, 0.25) is 0 Å². The fourth-order valence-corrected chi connectivity index (χ4v) is 2.23. The summed E-state index contributed by atoms with van der Waals surface area (Å²) in [7, 11) is 3.02. The van der Waals surface area contributed by atoms with Gasteiger partial charge < -0.3 is 14.8 Å². The number of hydrogen-bond acceptors (Lipinski definition) is 5. The van der Waals surface area contributed by atoms with E-state index in [0.29, 0.717) is 22.7 Å². The second-order valence-electron chi connectivity index (χ2n) is 4.74. The van der Waals surface area contributed by atoms with Crippen LogP contribution in [0, 0.1) is 0 Å². The molecule has 2 aromatic rings. The minimum atomic E-state index is -0.902. The first kappa shape index (κ1) is 18.5. The maximum absolute atomic E-state index is 11.9. The molecule has 0 aliphatic rings. The molecule has 2 amide bonds. The predicted molar refractivity (Wildman–Crippen MR) is 98.1 cm³/mol. The third-order valence-corrected chi connectivity index (χ3v) is 3.86. The number of hydrazone groups is 1. The van der Waals surface area contributed by atoms with E-state index in [-0.39, 0.29) is 0 Å². The van der Waals surface area contributed by atoms with Crippen molar-refractivity contribution in [2.75, 3.05) is 19.5 Å². The Kier molecular flexibility index (Phi) is 6.53. The second-order valence-corrected chi connectivity index (χ2v) is 5.60. The molecule has 0 aliphatic carbocycles. The summed E-state index contributed by atoms with van der Waals surface area (Å²) in [5.74, 6) is -0.662. The Balaban J connectivity index is 1.99. The lowest BCUT2D eigenvalue weighted by atomic mass is 10.2. The molecule has 0 aromatic heterocycles. The number of ether oxygens (including phenoxy) is 2. The average Bonchev–Trinajstić information content (AvgIpc) is 2.63. The van der Waals surface area contributed by atoms with Gasteiger partial charge in [-0.15, -0.1) is 0 Å². The van der Waals surface area contributed by atoms with E-state index in [4.69, 9.17) is 9.47 Å². The van der Waals surface area contributed by atoms with Crippen molar-refractivity contribution >= 4 is 39.6 Å². The van der Waals surface area contributed by atoms with E-state index in [9.17, 15) is 9.59 Å². The quantitative estimate of drug-likeness (QED) is 0.454. The van der Waals surface area contributed by atoms with Gasteiger partial charge in [-0.2, -0.15) is 5.10 Å². The molecule has 2 aromatic carbocycles. The van der Waals surface area contributed by atoms with Crippen LogP contribution in [0.5, 0.6) is 11.5 Å². The van der Waals surface area contributed by atoms with Crippen LogP contribution in [0.4, 0.5) is 5.69 Å². The summed E-state index contributed by atoms with van der Waals surface area (Å²) in [6.07, 6.45) is 1.40. The fraction of sp³-hybridized carbons (Fsp3) is 0.118. The molecule has 0 bridgehead atoms. The van der Waals surface area contributed by atoms with Crippen LogP contribution >= 0.6 is 15.9 Å². The standard InChI is InChI=1S/C17H16BrN3O4/c1-24-12-7-8-13(18)11(9-12)10-19-21-17(23)16(22)20-14-5-3-4-6-15(14)25-2/h3-10H,1-2H3,(H,20,22)(H,21,23)/b19-10-. The lowest BCUT2D eigenvalue weighted by Crippen LogP contribution is -2.32. The van der Waals surface area contributed by atoms with Gasteiger partial charge in [0.1, 0.15) is 11.5 Å². The zero-order valence-corrected chi connectivity index (χ0v) is 15.2. The predicted octanol–water partition coefficient (Wildman–Crippen LogP) is 2.56. The molecule has 0 saturated heterocycles. The first-order valence-corrected chi connectivity index (χ1v) is 7.95. The fourth-order valence-electron chi connectivity index (χ4n) is 1.89. The number of nitrogens with zero attached hydrogens (tertiary/aromatic N) is 1. The lowest BCUT2D eigenvalue weighted by Gasteiger charge is -2.08. The normalized spacial score (nSPS) is 10.4. The topological polar surface area (TPSA) is 89.0 Å². The number of amides is 2. The van der Waals surface area contributed by atoms with E-state index in [1.165, 1.54) is 13.3 Å². The Hall–Kier alpha value is -2.87. The number of anilines is 1. The summed E-state index contributed by atoms with van der Waals surface area (Å²) in [6.45, 7) is 0. The Morgan fingerprint density at radius 2 is 1.84 bits per heavy atom. The van der Waals surface area contributed by atoms with Gasteiger partial charge in [-0.3, -0.25) is 9.59 Å². The number of carbonyl (C=O) groups excluding carboxylic acids is 2. The maximum Gasteiger partial charge on any atom is 0.329 e. The molecule has 0 atom stereocenters. The number of benzene rings is 2. The van der Waals surface area contributed by atoms with Crippen molar-refractivity contribution < 1.29 is 19.1 Å². The highest BCUT2D eigenvalue weighted by atomic mass is 79.9. The zero-order valence-electron chi connectivity index (χ0n) is 13.6. The van der Waals surface area contributed by atoms with Gasteiger partial charge in [-0.25, -0.2) is 5.43 Å². The minimum absolute atomic E-state index is 0.393. The summed E-state index contributed by atoms with van der Waals surface area (Å²) in [5, 5.41) is 6.24. The van der Waals surface area contributed by atoms with Gasteiger partial charge in [0.2, 0.25) is 0 Å². The van der Waals surface area contributed by atoms with E-state index in [2.05, 4.69) is 31.8 Å². The number of para-hydroxylation sites is 2. The number of halogens is 1. The van der Waals surface area contributed by atoms with Crippen LogP contribution in [0.15, 0.2) is 52.0 Å². The van der Waals surface area contributed by atoms with Gasteiger partial charge in [0, 0.05) is 10.0 Å². The van der Waals surface area contributed by atoms with Crippen LogP contribution in [0.1, 0.15) is 5.56 Å². The lowest BCUT2D eigenvalue weighted by molar-refractivity contribution is -0.136. The highest BCUT2D eigenvalue weighted by molar-refractivity contribution is 9.10. The van der Waals surface area contributed by atoms with E-state index in [1.54, 1.807) is 49.6 Å². The van der Waals surface area contributed by atoms with Gasteiger partial charge in [-0.1, -0.05) is 28.1 Å². The molecule has 2 N–H and O–H groups in total. The summed E-state index contributed by atoms with van der Waals surface area (Å²) < 4.78 is 11.0. The van der Waals surface area contributed by atoms with Gasteiger partial charge in [0.15, 0.2) is 0 Å². The molecular formula is C17H16BrN3O4. The Bertz CT molecular complexity index is 808. The highest BCUT2D eigenvalue weighted by Gasteiger charge is 2.14. The van der Waals surface area contributed by atoms with Crippen molar-refractivity contribution in [3.63, 3.8) is 0 Å². The van der Waals surface area contributed by atoms with E-state index in [0.717, 1.165) is 4.47 Å². The van der Waals surface area contributed by atoms with Crippen molar-refractivity contribution in [2.24, 2.45) is 5.10 Å². The summed E-state index contributed by atoms with van der Waals surface area (Å²) in [5.41, 5.74) is 3.25. The van der Waals surface area contributed by atoms with Crippen molar-refractivity contribution in [3.8, 4) is 11.5 Å². The third-order valence-electron chi connectivity index (χ3n) is 3.13. The number of rotatable bonds is 5. The minimum Gasteiger partial charge on any atom is -0.497 e. The van der Waals surface area contributed by atoms with E-state index < -0.39 is 11.8 Å². The van der Waals surface area contributed by atoms with Crippen LogP contribution < -0.4 is 20.2 Å². The number of hydrogen-bond donors (Lipinski definition) is 2. The Morgan fingerprint density at radius 3 is 2.56 bits per heavy atom. The number of nitrogens with one attached hydrogen (secondary N) is 2. The van der Waals surface area contributed by atoms with Crippen molar-refractivity contribution in [2.45, 2.75) is 0 Å². The summed E-state index contributed by atoms with van der Waals surface area (Å²) in [4.78, 5) is 23.7. The van der Waals surface area contributed by atoms with Gasteiger partial charge in [-0.05, 0) is 30.3 Å². The molecule has 7 nitrogen and oxygen atoms in total. The maximum atomic E-state index is 11.9. The molecule has 0 heterocycles. The summed E-state index contributed by atoms with van der Waals surface area (Å²) >= 11 is 3.36. The van der Waals surface area contributed by atoms with E-state index in [1.807, 2.05) is 0 Å². The van der Waals surface area contributed by atoms with Crippen LogP contribution in [-0.4, -0.2) is 32.2 Å². The SMILES string of the molecule is COc1ccc(Br)c(/C=N\NC(=O)C(=O)Nc2ccccc2OC)c1. The largest absolute Gasteiger partial charge is 0.497 e. The van der Waals surface area contributed by atoms with Gasteiger partial charge in [0.25, 0.3) is 0 Å². The second kappa shape index (κ2) is 8.84. The number of carbonyl (C=O) groups is 2. The molecule has 0 spiro atoms. The molecule has 2 rings (SSSR count). The van der Waals surface area contributed by atoms with Crippen molar-refractivity contribution in [1.82, 2.24) is 5.43 Å². The van der Waals surface area contributed by atoms with Crippen molar-refractivity contribution in [1.29, 1.82) is 0 Å². The van der Waals surface area contributed by atoms with Gasteiger partial charge in [0.05, 0.1) is 26.1 Å². The average molecular weight is 406 g/mol. The third kappa shape index (κ3) is 5.05. The molecule has 25 heavy (non-hydrogen) atoms. The summed E-state index contributed by atoms with van der Waals surface area (Å²) in [6, 6.07) is 12.1. The molecule has 0 radical (unpaired) electrons. The molecule has 130 valence electrons. The Labute approximate surface area is 153 Å². The van der Waals surface area contributed by atoms with Gasteiger partial charge >= 0.3 is 11.8 Å². The Morgan fingerprint density at radius 1 is 1.08 bits per heavy atom. The molecular weight excluding hydrogens is 390 g/mol. The van der Waals surface area contributed by atoms with Crippen LogP contribution in [0.25, 0.3) is 0 Å².